The van der Waals surface area contributed by atoms with Gasteiger partial charge in [0.1, 0.15) is 15.9 Å². The van der Waals surface area contributed by atoms with E-state index in [1.54, 1.807) is 0 Å². The molecule has 3 rings (SSSR count). The monoisotopic (exact) mass is 480 g/mol. The average Bonchev–Trinajstić information content (AvgIpc) is 2.72. The normalized spacial score (nSPS) is 11.7. The van der Waals surface area contributed by atoms with Crippen LogP contribution in [0.25, 0.3) is 6.08 Å². The van der Waals surface area contributed by atoms with E-state index in [-0.39, 0.29) is 27.3 Å². The number of nitrogens with one attached hydrogen (secondary N) is 2. The average molecular weight is 481 g/mol. The fourth-order valence-corrected chi connectivity index (χ4v) is 2.81. The van der Waals surface area contributed by atoms with Crippen LogP contribution >= 0.6 is 23.2 Å². The van der Waals surface area contributed by atoms with Crippen molar-refractivity contribution in [2.75, 3.05) is 10.6 Å². The van der Waals surface area contributed by atoms with Crippen LogP contribution < -0.4 is 10.6 Å². The van der Waals surface area contributed by atoms with Gasteiger partial charge in [-0.15, -0.1) is 0 Å². The summed E-state index contributed by atoms with van der Waals surface area (Å²) < 4.78 is 38.9. The zero-order valence-corrected chi connectivity index (χ0v) is 17.5. The van der Waals surface area contributed by atoms with E-state index >= 15 is 0 Å². The Morgan fingerprint density at radius 3 is 2.16 bits per heavy atom. The zero-order chi connectivity index (χ0) is 23.3. The molecule has 2 N–H and O–H groups in total. The molecule has 2 heterocycles. The first kappa shape index (κ1) is 23.2. The van der Waals surface area contributed by atoms with Crippen molar-refractivity contribution in [1.29, 1.82) is 0 Å². The highest BCUT2D eigenvalue weighted by molar-refractivity contribution is 6.31. The number of carbonyl (C=O) groups excluding carboxylic acids is 2. The fraction of sp³-hybridized carbons (Fsp3) is 0.0476. The molecule has 0 atom stereocenters. The lowest BCUT2D eigenvalue weighted by Gasteiger charge is -2.12. The summed E-state index contributed by atoms with van der Waals surface area (Å²) in [6, 6.07) is 9.84. The van der Waals surface area contributed by atoms with E-state index in [9.17, 15) is 22.8 Å². The lowest BCUT2D eigenvalue weighted by Crippen LogP contribution is -2.25. The number of benzene rings is 1. The smallest absolute Gasteiger partial charge is 0.322 e. The number of amides is 2. The van der Waals surface area contributed by atoms with E-state index in [2.05, 4.69) is 20.6 Å². The molecule has 32 heavy (non-hydrogen) atoms. The number of halogens is 5. The second-order valence-electron chi connectivity index (χ2n) is 6.33. The van der Waals surface area contributed by atoms with E-state index in [4.69, 9.17) is 23.2 Å². The third-order valence-electron chi connectivity index (χ3n) is 3.98. The van der Waals surface area contributed by atoms with Crippen molar-refractivity contribution in [2.45, 2.75) is 6.18 Å². The molecule has 2 aromatic heterocycles. The second kappa shape index (κ2) is 9.80. The molecule has 0 aliphatic carbocycles. The van der Waals surface area contributed by atoms with Gasteiger partial charge in [-0.3, -0.25) is 9.59 Å². The Hall–Kier alpha value is -3.43. The summed E-state index contributed by atoms with van der Waals surface area (Å²) in [4.78, 5) is 33.3. The highest BCUT2D eigenvalue weighted by Gasteiger charge is 2.30. The summed E-state index contributed by atoms with van der Waals surface area (Å²) in [5, 5.41) is 5.13. The number of anilines is 2. The van der Waals surface area contributed by atoms with Crippen molar-refractivity contribution in [3.05, 3.63) is 87.9 Å². The number of hydrogen-bond acceptors (Lipinski definition) is 4. The second-order valence-corrected chi connectivity index (χ2v) is 7.10. The molecule has 0 bridgehead atoms. The molecular weight excluding hydrogens is 468 g/mol. The molecule has 2 amide bonds. The number of nitrogens with zero attached hydrogens (tertiary/aromatic N) is 2. The maximum absolute atomic E-state index is 13.0. The Morgan fingerprint density at radius 2 is 1.56 bits per heavy atom. The molecule has 11 heteroatoms. The first-order valence-electron chi connectivity index (χ1n) is 8.86. The lowest BCUT2D eigenvalue weighted by molar-refractivity contribution is -0.137. The molecule has 3 aromatic rings. The molecule has 0 aliphatic rings. The lowest BCUT2D eigenvalue weighted by atomic mass is 10.1. The Balaban J connectivity index is 1.92. The van der Waals surface area contributed by atoms with E-state index < -0.39 is 23.6 Å². The molecular formula is C21H13Cl2F3N4O2. The van der Waals surface area contributed by atoms with Gasteiger partial charge in [0.25, 0.3) is 11.8 Å². The topological polar surface area (TPSA) is 84.0 Å². The van der Waals surface area contributed by atoms with Crippen LogP contribution in [0.2, 0.25) is 10.3 Å². The molecule has 164 valence electrons. The van der Waals surface area contributed by atoms with Crippen LogP contribution in [0.3, 0.4) is 0 Å². The van der Waals surface area contributed by atoms with Gasteiger partial charge in [0.15, 0.2) is 0 Å². The number of rotatable bonds is 5. The minimum Gasteiger partial charge on any atom is -0.322 e. The van der Waals surface area contributed by atoms with Crippen LogP contribution in [0.4, 0.5) is 24.5 Å². The van der Waals surface area contributed by atoms with Gasteiger partial charge in [0.05, 0.1) is 5.56 Å². The molecule has 0 saturated heterocycles. The van der Waals surface area contributed by atoms with Crippen LogP contribution in [0, 0.1) is 0 Å². The van der Waals surface area contributed by atoms with Crippen LogP contribution in [0.1, 0.15) is 11.1 Å². The predicted octanol–water partition coefficient (Wildman–Crippen LogP) is 5.46. The third-order valence-corrected chi connectivity index (χ3v) is 4.41. The van der Waals surface area contributed by atoms with Crippen LogP contribution in [0.15, 0.2) is 66.5 Å². The Morgan fingerprint density at radius 1 is 0.875 bits per heavy atom. The molecule has 0 spiro atoms. The molecule has 0 unspecified atom stereocenters. The standard InChI is InChI=1S/C21H13Cl2F3N4O2/c22-17-5-4-12(11-28-17)8-16(20(32)30-15-6-7-27-18(23)10-15)19(31)29-14-3-1-2-13(9-14)21(24,25)26/h1-11H,(H,29,31)(H,27,30,32)/b16-8-. The van der Waals surface area contributed by atoms with Crippen molar-refractivity contribution >= 4 is 52.5 Å². The first-order valence-corrected chi connectivity index (χ1v) is 9.62. The number of alkyl halides is 3. The number of hydrogen-bond donors (Lipinski definition) is 2. The Kier molecular flexibility index (Phi) is 7.12. The van der Waals surface area contributed by atoms with Gasteiger partial charge in [-0.2, -0.15) is 13.2 Å². The molecule has 0 radical (unpaired) electrons. The summed E-state index contributed by atoms with van der Waals surface area (Å²) in [6.07, 6.45) is -0.680. The van der Waals surface area contributed by atoms with E-state index in [1.807, 2.05) is 0 Å². The van der Waals surface area contributed by atoms with E-state index in [0.717, 1.165) is 18.2 Å². The summed E-state index contributed by atoms with van der Waals surface area (Å²) in [6.45, 7) is 0. The molecule has 0 saturated carbocycles. The molecule has 0 fully saturated rings. The van der Waals surface area contributed by atoms with Crippen molar-refractivity contribution < 1.29 is 22.8 Å². The van der Waals surface area contributed by atoms with Crippen molar-refractivity contribution in [3.8, 4) is 0 Å². The van der Waals surface area contributed by atoms with Gasteiger partial charge in [0, 0.05) is 23.8 Å². The highest BCUT2D eigenvalue weighted by atomic mass is 35.5. The number of carbonyl (C=O) groups is 2. The zero-order valence-electron chi connectivity index (χ0n) is 16.0. The maximum Gasteiger partial charge on any atom is 0.416 e. The van der Waals surface area contributed by atoms with Gasteiger partial charge in [-0.1, -0.05) is 35.3 Å². The van der Waals surface area contributed by atoms with Crippen LogP contribution in [-0.4, -0.2) is 21.8 Å². The van der Waals surface area contributed by atoms with Crippen molar-refractivity contribution in [3.63, 3.8) is 0 Å². The molecule has 0 aliphatic heterocycles. The quantitative estimate of drug-likeness (QED) is 0.219. The largest absolute Gasteiger partial charge is 0.416 e. The van der Waals surface area contributed by atoms with Gasteiger partial charge in [-0.05, 0) is 48.0 Å². The number of pyridine rings is 2. The SMILES string of the molecule is O=C(Nc1cccc(C(F)(F)F)c1)/C(=C/c1ccc(Cl)nc1)C(=O)Nc1ccnc(Cl)c1. The summed E-state index contributed by atoms with van der Waals surface area (Å²) in [5.74, 6) is -1.76. The Bertz CT molecular complexity index is 1180. The Labute approximate surface area is 190 Å². The third kappa shape index (κ3) is 6.29. The summed E-state index contributed by atoms with van der Waals surface area (Å²) >= 11 is 11.6. The van der Waals surface area contributed by atoms with Gasteiger partial charge >= 0.3 is 6.18 Å². The van der Waals surface area contributed by atoms with Crippen molar-refractivity contribution in [2.24, 2.45) is 0 Å². The van der Waals surface area contributed by atoms with Crippen LogP contribution in [0.5, 0.6) is 0 Å². The van der Waals surface area contributed by atoms with Gasteiger partial charge in [0.2, 0.25) is 0 Å². The maximum atomic E-state index is 13.0. The van der Waals surface area contributed by atoms with Gasteiger partial charge in [-0.25, -0.2) is 9.97 Å². The minimum absolute atomic E-state index is 0.114. The van der Waals surface area contributed by atoms with Crippen LogP contribution in [-0.2, 0) is 15.8 Å². The van der Waals surface area contributed by atoms with E-state index in [1.165, 1.54) is 48.8 Å². The van der Waals surface area contributed by atoms with Gasteiger partial charge < -0.3 is 10.6 Å². The summed E-state index contributed by atoms with van der Waals surface area (Å²) in [7, 11) is 0. The fourth-order valence-electron chi connectivity index (χ4n) is 2.52. The predicted molar refractivity (Wildman–Crippen MR) is 115 cm³/mol. The summed E-state index contributed by atoms with van der Waals surface area (Å²) in [5.41, 5.74) is -0.837. The molecule has 6 nitrogen and oxygen atoms in total. The van der Waals surface area contributed by atoms with Crippen molar-refractivity contribution in [1.82, 2.24) is 9.97 Å². The highest BCUT2D eigenvalue weighted by Crippen LogP contribution is 2.30. The van der Waals surface area contributed by atoms with E-state index in [0.29, 0.717) is 5.56 Å². The molecule has 1 aromatic carbocycles. The first-order chi connectivity index (χ1) is 15.1. The number of aromatic nitrogens is 2. The minimum atomic E-state index is -4.59.